The molecule has 0 aliphatic rings. The average molecular weight is 297 g/mol. The first-order chi connectivity index (χ1) is 9.97. The van der Waals surface area contributed by atoms with E-state index < -0.39 is 34.6 Å². The van der Waals surface area contributed by atoms with E-state index in [0.717, 1.165) is 6.08 Å². The van der Waals surface area contributed by atoms with Crippen molar-refractivity contribution < 1.29 is 22.3 Å². The number of benzene rings is 2. The van der Waals surface area contributed by atoms with Crippen molar-refractivity contribution in [1.29, 1.82) is 0 Å². The molecule has 2 N–H and O–H groups in total. The van der Waals surface area contributed by atoms with Crippen LogP contribution in [-0.2, 0) is 0 Å². The van der Waals surface area contributed by atoms with Gasteiger partial charge in [0.25, 0.3) is 0 Å². The van der Waals surface area contributed by atoms with Crippen LogP contribution < -0.4 is 10.5 Å². The van der Waals surface area contributed by atoms with E-state index in [2.05, 4.69) is 0 Å². The molecule has 2 nitrogen and oxygen atoms in total. The van der Waals surface area contributed by atoms with Gasteiger partial charge in [0.1, 0.15) is 0 Å². The predicted molar refractivity (Wildman–Crippen MR) is 71.9 cm³/mol. The SMILES string of the molecule is CC=Cc1c(F)c(F)c(Oc2ccccc2N)c(F)c1F. The largest absolute Gasteiger partial charge is 0.449 e. The number of anilines is 1. The molecule has 0 radical (unpaired) electrons. The highest BCUT2D eigenvalue weighted by molar-refractivity contribution is 5.56. The fourth-order valence-electron chi connectivity index (χ4n) is 1.71. The fraction of sp³-hybridized carbons (Fsp3) is 0.0667. The third-order valence-corrected chi connectivity index (χ3v) is 2.72. The molecule has 0 heterocycles. The Labute approximate surface area is 118 Å². The van der Waals surface area contributed by atoms with Crippen LogP contribution in [0.2, 0.25) is 0 Å². The first-order valence-electron chi connectivity index (χ1n) is 5.98. The van der Waals surface area contributed by atoms with Crippen LogP contribution in [0.1, 0.15) is 12.5 Å². The van der Waals surface area contributed by atoms with Crippen LogP contribution in [0.5, 0.6) is 11.5 Å². The zero-order valence-electron chi connectivity index (χ0n) is 11.0. The minimum atomic E-state index is -1.62. The molecule has 0 atom stereocenters. The van der Waals surface area contributed by atoms with E-state index in [1.165, 1.54) is 31.2 Å². The lowest BCUT2D eigenvalue weighted by Gasteiger charge is -2.12. The van der Waals surface area contributed by atoms with Crippen molar-refractivity contribution in [2.24, 2.45) is 0 Å². The third kappa shape index (κ3) is 2.69. The second-order valence-corrected chi connectivity index (χ2v) is 4.14. The van der Waals surface area contributed by atoms with Crippen LogP contribution >= 0.6 is 0 Å². The van der Waals surface area contributed by atoms with Gasteiger partial charge in [-0.05, 0) is 19.1 Å². The fourth-order valence-corrected chi connectivity index (χ4v) is 1.71. The normalized spacial score (nSPS) is 11.1. The standard InChI is InChI=1S/C15H11F4NO/c1-2-5-8-11(16)13(18)15(14(19)12(8)17)21-10-7-4-3-6-9(10)20/h2-7H,20H2,1H3. The average Bonchev–Trinajstić information content (AvgIpc) is 2.48. The summed E-state index contributed by atoms with van der Waals surface area (Å²) in [4.78, 5) is 0. The van der Waals surface area contributed by atoms with Gasteiger partial charge in [-0.25, -0.2) is 8.78 Å². The maximum absolute atomic E-state index is 13.9. The molecule has 0 aliphatic heterocycles. The topological polar surface area (TPSA) is 35.2 Å². The van der Waals surface area contributed by atoms with Crippen molar-refractivity contribution in [1.82, 2.24) is 0 Å². The Hall–Kier alpha value is -2.50. The number of hydrogen-bond donors (Lipinski definition) is 1. The summed E-state index contributed by atoms with van der Waals surface area (Å²) in [5.74, 6) is -7.58. The molecule has 0 saturated carbocycles. The van der Waals surface area contributed by atoms with Gasteiger partial charge >= 0.3 is 0 Å². The van der Waals surface area contributed by atoms with E-state index in [-0.39, 0.29) is 11.4 Å². The molecule has 0 spiro atoms. The molecular weight excluding hydrogens is 286 g/mol. The van der Waals surface area contributed by atoms with Crippen LogP contribution in [0.3, 0.4) is 0 Å². The Morgan fingerprint density at radius 3 is 2.05 bits per heavy atom. The van der Waals surface area contributed by atoms with E-state index in [9.17, 15) is 17.6 Å². The lowest BCUT2D eigenvalue weighted by atomic mass is 10.1. The number of nitrogens with two attached hydrogens (primary N) is 1. The maximum Gasteiger partial charge on any atom is 0.205 e. The van der Waals surface area contributed by atoms with Crippen molar-refractivity contribution in [2.75, 3.05) is 5.73 Å². The predicted octanol–water partition coefficient (Wildman–Crippen LogP) is 4.65. The first kappa shape index (κ1) is 14.9. The number of hydrogen-bond acceptors (Lipinski definition) is 2. The summed E-state index contributed by atoms with van der Waals surface area (Å²) < 4.78 is 60.1. The van der Waals surface area contributed by atoms with Gasteiger partial charge in [0, 0.05) is 0 Å². The molecule has 2 aromatic rings. The summed E-state index contributed by atoms with van der Waals surface area (Å²) in [6, 6.07) is 5.82. The van der Waals surface area contributed by atoms with Gasteiger partial charge in [-0.2, -0.15) is 8.78 Å². The summed E-state index contributed by atoms with van der Waals surface area (Å²) in [7, 11) is 0. The Kier molecular flexibility index (Phi) is 4.16. The molecule has 2 aromatic carbocycles. The Balaban J connectivity index is 2.58. The second-order valence-electron chi connectivity index (χ2n) is 4.14. The smallest absolute Gasteiger partial charge is 0.205 e. The van der Waals surface area contributed by atoms with Crippen LogP contribution in [0.4, 0.5) is 23.2 Å². The molecule has 0 fully saturated rings. The monoisotopic (exact) mass is 297 g/mol. The summed E-state index contributed by atoms with van der Waals surface area (Å²) in [6.07, 6.45) is 2.19. The Morgan fingerprint density at radius 1 is 0.952 bits per heavy atom. The van der Waals surface area contributed by atoms with E-state index in [4.69, 9.17) is 10.5 Å². The van der Waals surface area contributed by atoms with Crippen molar-refractivity contribution in [3.63, 3.8) is 0 Å². The van der Waals surface area contributed by atoms with Crippen molar-refractivity contribution in [3.05, 3.63) is 59.2 Å². The van der Waals surface area contributed by atoms with E-state index in [1.54, 1.807) is 6.07 Å². The van der Waals surface area contributed by atoms with E-state index >= 15 is 0 Å². The minimum absolute atomic E-state index is 0.0784. The van der Waals surface area contributed by atoms with Crippen LogP contribution in [0.15, 0.2) is 30.3 Å². The van der Waals surface area contributed by atoms with Gasteiger partial charge in [-0.15, -0.1) is 0 Å². The number of allylic oxidation sites excluding steroid dienone is 1. The number of rotatable bonds is 3. The molecule has 0 aliphatic carbocycles. The molecule has 110 valence electrons. The van der Waals surface area contributed by atoms with Gasteiger partial charge in [0.05, 0.1) is 11.3 Å². The van der Waals surface area contributed by atoms with Gasteiger partial charge in [-0.3, -0.25) is 0 Å². The Bertz CT molecular complexity index is 684. The van der Waals surface area contributed by atoms with E-state index in [0.29, 0.717) is 0 Å². The lowest BCUT2D eigenvalue weighted by Crippen LogP contribution is -2.04. The third-order valence-electron chi connectivity index (χ3n) is 2.72. The number of ether oxygens (including phenoxy) is 1. The second kappa shape index (κ2) is 5.87. The molecule has 0 bridgehead atoms. The maximum atomic E-state index is 13.9. The summed E-state index contributed by atoms with van der Waals surface area (Å²) in [6.45, 7) is 1.46. The molecular formula is C15H11F4NO. The van der Waals surface area contributed by atoms with Crippen molar-refractivity contribution in [3.8, 4) is 11.5 Å². The summed E-state index contributed by atoms with van der Waals surface area (Å²) in [5.41, 5.74) is 4.83. The zero-order chi connectivity index (χ0) is 15.6. The van der Waals surface area contributed by atoms with E-state index in [1.807, 2.05) is 0 Å². The number of halogens is 4. The highest BCUT2D eigenvalue weighted by Crippen LogP contribution is 2.35. The van der Waals surface area contributed by atoms with Crippen LogP contribution in [0, 0.1) is 23.3 Å². The van der Waals surface area contributed by atoms with Crippen molar-refractivity contribution >= 4 is 11.8 Å². The molecule has 6 heteroatoms. The van der Waals surface area contributed by atoms with Gasteiger partial charge in [-0.1, -0.05) is 24.3 Å². The first-order valence-corrected chi connectivity index (χ1v) is 5.98. The Morgan fingerprint density at radius 2 is 1.52 bits per heavy atom. The van der Waals surface area contributed by atoms with Crippen LogP contribution in [-0.4, -0.2) is 0 Å². The van der Waals surface area contributed by atoms with Crippen LogP contribution in [0.25, 0.3) is 6.08 Å². The molecule has 0 saturated heterocycles. The number of nitrogen functional groups attached to an aromatic ring is 1. The summed E-state index contributed by atoms with van der Waals surface area (Å²) in [5, 5.41) is 0. The molecule has 2 rings (SSSR count). The van der Waals surface area contributed by atoms with Gasteiger partial charge in [0.2, 0.25) is 17.4 Å². The highest BCUT2D eigenvalue weighted by atomic mass is 19.2. The summed E-state index contributed by atoms with van der Waals surface area (Å²) >= 11 is 0. The zero-order valence-corrected chi connectivity index (χ0v) is 11.0. The molecule has 0 unspecified atom stereocenters. The van der Waals surface area contributed by atoms with Gasteiger partial charge in [0.15, 0.2) is 17.4 Å². The molecule has 21 heavy (non-hydrogen) atoms. The minimum Gasteiger partial charge on any atom is -0.449 e. The van der Waals surface area contributed by atoms with Gasteiger partial charge < -0.3 is 10.5 Å². The molecule has 0 aromatic heterocycles. The number of para-hydroxylation sites is 2. The lowest BCUT2D eigenvalue weighted by molar-refractivity contribution is 0.366. The highest BCUT2D eigenvalue weighted by Gasteiger charge is 2.26. The van der Waals surface area contributed by atoms with Crippen molar-refractivity contribution in [2.45, 2.75) is 6.92 Å². The quantitative estimate of drug-likeness (QED) is 0.508. The molecule has 0 amide bonds.